The van der Waals surface area contributed by atoms with E-state index in [0.717, 1.165) is 22.5 Å². The Hall–Kier alpha value is -1.97. The molecule has 0 radical (unpaired) electrons. The summed E-state index contributed by atoms with van der Waals surface area (Å²) in [7, 11) is 0. The van der Waals surface area contributed by atoms with Gasteiger partial charge in [-0.1, -0.05) is 53.5 Å². The van der Waals surface area contributed by atoms with Crippen LogP contribution in [-0.4, -0.2) is 9.78 Å². The molecule has 3 nitrogen and oxygen atoms in total. The zero-order chi connectivity index (χ0) is 15.0. The molecule has 21 heavy (non-hydrogen) atoms. The van der Waals surface area contributed by atoms with E-state index in [-0.39, 0.29) is 0 Å². The highest BCUT2D eigenvalue weighted by Gasteiger charge is 2.17. The number of para-hydroxylation sites is 1. The summed E-state index contributed by atoms with van der Waals surface area (Å²) in [4.78, 5) is 0. The standard InChI is InChI=1S/C16H13Cl2N3/c1-10-15(12-8-5-9-13(17)14(12)18)20-21(16(10)19)11-6-3-2-4-7-11/h2-9H,19H2,1H3. The number of nitrogens with two attached hydrogens (primary N) is 1. The van der Waals surface area contributed by atoms with Gasteiger partial charge in [-0.3, -0.25) is 0 Å². The molecule has 2 aromatic carbocycles. The van der Waals surface area contributed by atoms with E-state index in [1.807, 2.05) is 49.4 Å². The Morgan fingerprint density at radius 3 is 2.43 bits per heavy atom. The summed E-state index contributed by atoms with van der Waals surface area (Å²) < 4.78 is 1.71. The lowest BCUT2D eigenvalue weighted by Crippen LogP contribution is -2.01. The maximum Gasteiger partial charge on any atom is 0.130 e. The molecule has 3 rings (SSSR count). The van der Waals surface area contributed by atoms with Gasteiger partial charge in [0.2, 0.25) is 0 Å². The van der Waals surface area contributed by atoms with E-state index in [0.29, 0.717) is 15.9 Å². The van der Waals surface area contributed by atoms with Gasteiger partial charge in [0.25, 0.3) is 0 Å². The highest BCUT2D eigenvalue weighted by Crippen LogP contribution is 2.36. The fourth-order valence-electron chi connectivity index (χ4n) is 2.22. The van der Waals surface area contributed by atoms with E-state index in [1.54, 1.807) is 10.7 Å². The van der Waals surface area contributed by atoms with Crippen molar-refractivity contribution in [3.05, 3.63) is 64.1 Å². The number of hydrogen-bond acceptors (Lipinski definition) is 2. The van der Waals surface area contributed by atoms with Crippen molar-refractivity contribution in [3.8, 4) is 16.9 Å². The van der Waals surface area contributed by atoms with E-state index in [1.165, 1.54) is 0 Å². The number of rotatable bonds is 2. The lowest BCUT2D eigenvalue weighted by molar-refractivity contribution is 0.895. The highest BCUT2D eigenvalue weighted by atomic mass is 35.5. The van der Waals surface area contributed by atoms with Crippen LogP contribution in [0.2, 0.25) is 10.0 Å². The minimum atomic E-state index is 0.486. The van der Waals surface area contributed by atoms with Gasteiger partial charge in [-0.15, -0.1) is 0 Å². The Labute approximate surface area is 132 Å². The van der Waals surface area contributed by atoms with Crippen LogP contribution in [0.25, 0.3) is 16.9 Å². The Bertz CT molecular complexity index is 795. The van der Waals surface area contributed by atoms with Gasteiger partial charge in [-0.25, -0.2) is 4.68 Å². The first-order valence-electron chi connectivity index (χ1n) is 6.44. The minimum absolute atomic E-state index is 0.486. The normalized spacial score (nSPS) is 10.8. The molecular formula is C16H13Cl2N3. The molecule has 1 aromatic heterocycles. The second-order valence-corrected chi connectivity index (χ2v) is 5.49. The SMILES string of the molecule is Cc1c(-c2cccc(Cl)c2Cl)nn(-c2ccccc2)c1N. The summed E-state index contributed by atoms with van der Waals surface area (Å²) in [6.07, 6.45) is 0. The van der Waals surface area contributed by atoms with Crippen molar-refractivity contribution < 1.29 is 0 Å². The fourth-order valence-corrected chi connectivity index (χ4v) is 2.61. The van der Waals surface area contributed by atoms with Crippen LogP contribution in [0.1, 0.15) is 5.56 Å². The first kappa shape index (κ1) is 14.0. The summed E-state index contributed by atoms with van der Waals surface area (Å²) in [6.45, 7) is 1.92. The number of nitrogens with zero attached hydrogens (tertiary/aromatic N) is 2. The van der Waals surface area contributed by atoms with Crippen LogP contribution in [0.4, 0.5) is 5.82 Å². The van der Waals surface area contributed by atoms with Gasteiger partial charge in [0, 0.05) is 11.1 Å². The van der Waals surface area contributed by atoms with Crippen LogP contribution in [-0.2, 0) is 0 Å². The first-order chi connectivity index (χ1) is 10.1. The van der Waals surface area contributed by atoms with E-state index in [9.17, 15) is 0 Å². The van der Waals surface area contributed by atoms with E-state index in [4.69, 9.17) is 28.9 Å². The third kappa shape index (κ3) is 2.39. The molecule has 106 valence electrons. The van der Waals surface area contributed by atoms with Crippen LogP contribution in [0.5, 0.6) is 0 Å². The quantitative estimate of drug-likeness (QED) is 0.742. The molecule has 0 bridgehead atoms. The molecule has 1 heterocycles. The monoisotopic (exact) mass is 317 g/mol. The van der Waals surface area contributed by atoms with Gasteiger partial charge < -0.3 is 5.73 Å². The molecule has 0 aliphatic rings. The molecule has 3 aromatic rings. The van der Waals surface area contributed by atoms with Gasteiger partial charge in [0.05, 0.1) is 21.4 Å². The summed E-state index contributed by atoms with van der Waals surface area (Å²) >= 11 is 12.4. The Morgan fingerprint density at radius 1 is 1.00 bits per heavy atom. The van der Waals surface area contributed by atoms with E-state index >= 15 is 0 Å². The van der Waals surface area contributed by atoms with Crippen molar-refractivity contribution in [2.24, 2.45) is 0 Å². The molecule has 0 aliphatic heterocycles. The predicted octanol–water partition coefficient (Wildman–Crippen LogP) is 4.74. The van der Waals surface area contributed by atoms with E-state index < -0.39 is 0 Å². The van der Waals surface area contributed by atoms with Gasteiger partial charge in [0.1, 0.15) is 5.82 Å². The third-order valence-corrected chi connectivity index (χ3v) is 4.19. The number of hydrogen-bond donors (Lipinski definition) is 1. The molecule has 0 unspecified atom stereocenters. The van der Waals surface area contributed by atoms with Gasteiger partial charge in [0.15, 0.2) is 0 Å². The summed E-state index contributed by atoms with van der Waals surface area (Å²) in [5.74, 6) is 0.590. The van der Waals surface area contributed by atoms with E-state index in [2.05, 4.69) is 5.10 Å². The van der Waals surface area contributed by atoms with Crippen molar-refractivity contribution in [2.75, 3.05) is 5.73 Å². The Kier molecular flexibility index (Phi) is 3.62. The smallest absolute Gasteiger partial charge is 0.130 e. The average Bonchev–Trinajstić information content (AvgIpc) is 2.79. The Balaban J connectivity index is 2.20. The van der Waals surface area contributed by atoms with Crippen molar-refractivity contribution in [1.29, 1.82) is 0 Å². The highest BCUT2D eigenvalue weighted by molar-refractivity contribution is 6.43. The zero-order valence-corrected chi connectivity index (χ0v) is 12.9. The van der Waals surface area contributed by atoms with Crippen LogP contribution in [0.3, 0.4) is 0 Å². The predicted molar refractivity (Wildman–Crippen MR) is 88.2 cm³/mol. The molecule has 0 fully saturated rings. The minimum Gasteiger partial charge on any atom is -0.383 e. The second kappa shape index (κ2) is 5.43. The molecule has 0 saturated carbocycles. The number of nitrogen functional groups attached to an aromatic ring is 1. The number of aromatic nitrogens is 2. The van der Waals surface area contributed by atoms with Crippen LogP contribution in [0.15, 0.2) is 48.5 Å². The Morgan fingerprint density at radius 2 is 1.71 bits per heavy atom. The maximum absolute atomic E-state index is 6.29. The zero-order valence-electron chi connectivity index (χ0n) is 11.3. The van der Waals surface area contributed by atoms with Crippen molar-refractivity contribution in [1.82, 2.24) is 9.78 Å². The van der Waals surface area contributed by atoms with Gasteiger partial charge >= 0.3 is 0 Å². The van der Waals surface area contributed by atoms with Crippen molar-refractivity contribution in [2.45, 2.75) is 6.92 Å². The number of halogens is 2. The summed E-state index contributed by atoms with van der Waals surface area (Å²) in [5, 5.41) is 5.59. The third-order valence-electron chi connectivity index (χ3n) is 3.38. The number of anilines is 1. The van der Waals surface area contributed by atoms with Crippen LogP contribution in [0, 0.1) is 6.92 Å². The molecule has 2 N–H and O–H groups in total. The molecule has 0 spiro atoms. The maximum atomic E-state index is 6.29. The van der Waals surface area contributed by atoms with Crippen LogP contribution < -0.4 is 5.73 Å². The van der Waals surface area contributed by atoms with Gasteiger partial charge in [-0.2, -0.15) is 5.10 Å². The fraction of sp³-hybridized carbons (Fsp3) is 0.0625. The lowest BCUT2D eigenvalue weighted by Gasteiger charge is -2.04. The summed E-state index contributed by atoms with van der Waals surface area (Å²) in [6, 6.07) is 15.2. The lowest BCUT2D eigenvalue weighted by atomic mass is 10.1. The number of benzene rings is 2. The molecule has 0 amide bonds. The average molecular weight is 318 g/mol. The topological polar surface area (TPSA) is 43.8 Å². The molecule has 5 heteroatoms. The molecule has 0 atom stereocenters. The molecule has 0 saturated heterocycles. The molecule has 0 aliphatic carbocycles. The largest absolute Gasteiger partial charge is 0.383 e. The van der Waals surface area contributed by atoms with Crippen molar-refractivity contribution >= 4 is 29.0 Å². The summed E-state index contributed by atoms with van der Waals surface area (Å²) in [5.41, 5.74) is 9.49. The molecular weight excluding hydrogens is 305 g/mol. The first-order valence-corrected chi connectivity index (χ1v) is 7.20. The van der Waals surface area contributed by atoms with Crippen LogP contribution >= 0.6 is 23.2 Å². The second-order valence-electron chi connectivity index (χ2n) is 4.71. The van der Waals surface area contributed by atoms with Crippen molar-refractivity contribution in [3.63, 3.8) is 0 Å². The van der Waals surface area contributed by atoms with Gasteiger partial charge in [-0.05, 0) is 25.1 Å².